The highest BCUT2D eigenvalue weighted by atomic mass is 32.2. The first-order valence-corrected chi connectivity index (χ1v) is 9.43. The van der Waals surface area contributed by atoms with Crippen molar-refractivity contribution in [2.75, 3.05) is 37.7 Å². The van der Waals surface area contributed by atoms with E-state index in [1.807, 2.05) is 18.7 Å². The fourth-order valence-electron chi connectivity index (χ4n) is 1.66. The average Bonchev–Trinajstić information content (AvgIpc) is 2.78. The number of carbonyl (C=O) groups excluding carboxylic acids is 2. The van der Waals surface area contributed by atoms with Crippen LogP contribution in [0.3, 0.4) is 0 Å². The van der Waals surface area contributed by atoms with Crippen molar-refractivity contribution in [2.24, 2.45) is 0 Å². The van der Waals surface area contributed by atoms with E-state index in [4.69, 9.17) is 24.4 Å². The van der Waals surface area contributed by atoms with Crippen molar-refractivity contribution in [1.29, 1.82) is 0 Å². The molecular formula is C12H19N3O2S4. The quantitative estimate of drug-likeness (QED) is 0.683. The lowest BCUT2D eigenvalue weighted by atomic mass is 10.5. The summed E-state index contributed by atoms with van der Waals surface area (Å²) in [5.74, 6) is 0.625. The number of rotatable bonds is 7. The van der Waals surface area contributed by atoms with Crippen LogP contribution in [0.4, 0.5) is 0 Å². The van der Waals surface area contributed by atoms with Gasteiger partial charge in [0.2, 0.25) is 11.8 Å². The Balaban J connectivity index is 2.21. The van der Waals surface area contributed by atoms with Gasteiger partial charge in [0.15, 0.2) is 0 Å². The Labute approximate surface area is 144 Å². The minimum Gasteiger partial charge on any atom is -0.358 e. The van der Waals surface area contributed by atoms with Crippen LogP contribution in [0.15, 0.2) is 0 Å². The number of nitrogens with one attached hydrogen (secondary N) is 1. The molecule has 0 bridgehead atoms. The summed E-state index contributed by atoms with van der Waals surface area (Å²) in [7, 11) is 0. The molecule has 0 radical (unpaired) electrons. The third-order valence-electron chi connectivity index (χ3n) is 2.85. The largest absolute Gasteiger partial charge is 0.358 e. The van der Waals surface area contributed by atoms with Gasteiger partial charge in [-0.2, -0.15) is 0 Å². The van der Waals surface area contributed by atoms with E-state index in [0.717, 1.165) is 17.4 Å². The fourth-order valence-corrected chi connectivity index (χ4v) is 4.01. The van der Waals surface area contributed by atoms with Crippen LogP contribution in [-0.2, 0) is 9.59 Å². The molecule has 0 aliphatic carbocycles. The molecule has 1 rings (SSSR count). The molecule has 118 valence electrons. The van der Waals surface area contributed by atoms with E-state index in [1.165, 1.54) is 28.4 Å². The summed E-state index contributed by atoms with van der Waals surface area (Å²) in [6.07, 6.45) is 0. The molecule has 21 heavy (non-hydrogen) atoms. The van der Waals surface area contributed by atoms with E-state index in [0.29, 0.717) is 28.9 Å². The molecule has 0 saturated carbocycles. The second-order valence-electron chi connectivity index (χ2n) is 4.18. The number of hydrogen-bond acceptors (Lipinski definition) is 6. The molecule has 0 atom stereocenters. The second-order valence-corrected chi connectivity index (χ2v) is 7.40. The van der Waals surface area contributed by atoms with Gasteiger partial charge in [0.1, 0.15) is 8.64 Å². The molecule has 1 fully saturated rings. The van der Waals surface area contributed by atoms with Gasteiger partial charge in [0.25, 0.3) is 0 Å². The summed E-state index contributed by atoms with van der Waals surface area (Å²) in [5, 5.41) is 2.78. The van der Waals surface area contributed by atoms with Crippen LogP contribution in [0.2, 0.25) is 0 Å². The van der Waals surface area contributed by atoms with Crippen molar-refractivity contribution < 1.29 is 9.59 Å². The lowest BCUT2D eigenvalue weighted by Gasteiger charge is -2.20. The third-order valence-corrected chi connectivity index (χ3v) is 5.80. The minimum atomic E-state index is -0.0836. The Morgan fingerprint density at radius 1 is 1.48 bits per heavy atom. The molecule has 1 heterocycles. The fraction of sp³-hybridized carbons (Fsp3) is 0.667. The highest BCUT2D eigenvalue weighted by Gasteiger charge is 2.25. The lowest BCUT2D eigenvalue weighted by Crippen LogP contribution is -2.38. The van der Waals surface area contributed by atoms with Crippen molar-refractivity contribution in [3.63, 3.8) is 0 Å². The molecular weight excluding hydrogens is 346 g/mol. The molecule has 1 N–H and O–H groups in total. The lowest BCUT2D eigenvalue weighted by molar-refractivity contribution is -0.124. The second kappa shape index (κ2) is 9.60. The molecule has 5 nitrogen and oxygen atoms in total. The van der Waals surface area contributed by atoms with Gasteiger partial charge in [-0.3, -0.25) is 14.5 Å². The number of thioether (sulfide) groups is 2. The van der Waals surface area contributed by atoms with Crippen LogP contribution in [-0.4, -0.2) is 67.9 Å². The molecule has 0 aromatic rings. The van der Waals surface area contributed by atoms with Gasteiger partial charge in [-0.15, -0.1) is 0 Å². The molecule has 1 aliphatic heterocycles. The average molecular weight is 366 g/mol. The van der Waals surface area contributed by atoms with Crippen LogP contribution >= 0.6 is 48.0 Å². The summed E-state index contributed by atoms with van der Waals surface area (Å²) >= 11 is 13.0. The van der Waals surface area contributed by atoms with Gasteiger partial charge >= 0.3 is 0 Å². The van der Waals surface area contributed by atoms with Gasteiger partial charge in [-0.25, -0.2) is 0 Å². The standard InChI is InChI=1S/C12H19N3O2S4/c1-3-14(4-2)11(18)20-7-9(16)13-5-6-15-10(17)8-21-12(15)19/h3-8H2,1-2H3,(H,13,16). The van der Waals surface area contributed by atoms with Crippen molar-refractivity contribution in [2.45, 2.75) is 13.8 Å². The van der Waals surface area contributed by atoms with Gasteiger partial charge in [0.05, 0.1) is 11.5 Å². The normalized spacial score (nSPS) is 14.5. The van der Waals surface area contributed by atoms with Crippen LogP contribution < -0.4 is 5.32 Å². The van der Waals surface area contributed by atoms with Gasteiger partial charge in [0, 0.05) is 26.2 Å². The van der Waals surface area contributed by atoms with E-state index in [-0.39, 0.29) is 11.8 Å². The monoisotopic (exact) mass is 365 g/mol. The van der Waals surface area contributed by atoms with Crippen LogP contribution in [0, 0.1) is 0 Å². The maximum atomic E-state index is 11.7. The summed E-state index contributed by atoms with van der Waals surface area (Å²) in [6, 6.07) is 0. The number of amides is 2. The Morgan fingerprint density at radius 3 is 2.67 bits per heavy atom. The zero-order chi connectivity index (χ0) is 15.8. The summed E-state index contributed by atoms with van der Waals surface area (Å²) in [5.41, 5.74) is 0. The topological polar surface area (TPSA) is 52.7 Å². The number of thiocarbonyl (C=S) groups is 2. The third kappa shape index (κ3) is 6.09. The highest BCUT2D eigenvalue weighted by Crippen LogP contribution is 2.18. The van der Waals surface area contributed by atoms with E-state index in [9.17, 15) is 9.59 Å². The van der Waals surface area contributed by atoms with Gasteiger partial charge < -0.3 is 10.2 Å². The molecule has 0 aromatic carbocycles. The van der Waals surface area contributed by atoms with Crippen molar-refractivity contribution in [3.8, 4) is 0 Å². The Morgan fingerprint density at radius 2 is 2.14 bits per heavy atom. The maximum absolute atomic E-state index is 11.7. The predicted octanol–water partition coefficient (Wildman–Crippen LogP) is 1.32. The number of hydrogen-bond donors (Lipinski definition) is 1. The molecule has 1 saturated heterocycles. The molecule has 2 amide bonds. The SMILES string of the molecule is CCN(CC)C(=S)SCC(=O)NCCN1C(=O)CSC1=S. The van der Waals surface area contributed by atoms with Crippen LogP contribution in [0.5, 0.6) is 0 Å². The van der Waals surface area contributed by atoms with E-state index >= 15 is 0 Å². The molecule has 0 unspecified atom stereocenters. The minimum absolute atomic E-state index is 0.0105. The Bertz CT molecular complexity index is 411. The molecule has 0 aromatic heterocycles. The summed E-state index contributed by atoms with van der Waals surface area (Å²) in [4.78, 5) is 26.8. The summed E-state index contributed by atoms with van der Waals surface area (Å²) < 4.78 is 1.33. The summed E-state index contributed by atoms with van der Waals surface area (Å²) in [6.45, 7) is 6.59. The van der Waals surface area contributed by atoms with Crippen molar-refractivity contribution in [1.82, 2.24) is 15.1 Å². The zero-order valence-corrected chi connectivity index (χ0v) is 15.4. The number of nitrogens with zero attached hydrogens (tertiary/aromatic N) is 2. The van der Waals surface area contributed by atoms with Gasteiger partial charge in [-0.05, 0) is 13.8 Å². The smallest absolute Gasteiger partial charge is 0.238 e. The first kappa shape index (κ1) is 18.7. The maximum Gasteiger partial charge on any atom is 0.238 e. The first-order chi connectivity index (χ1) is 9.99. The van der Waals surface area contributed by atoms with E-state index < -0.39 is 0 Å². The van der Waals surface area contributed by atoms with Crippen LogP contribution in [0.25, 0.3) is 0 Å². The van der Waals surface area contributed by atoms with E-state index in [2.05, 4.69) is 5.32 Å². The number of carbonyl (C=O) groups is 2. The molecule has 0 spiro atoms. The van der Waals surface area contributed by atoms with E-state index in [1.54, 1.807) is 0 Å². The highest BCUT2D eigenvalue weighted by molar-refractivity contribution is 8.24. The van der Waals surface area contributed by atoms with Gasteiger partial charge in [-0.1, -0.05) is 48.0 Å². The Hall–Kier alpha value is -0.380. The van der Waals surface area contributed by atoms with Crippen LogP contribution in [0.1, 0.15) is 13.8 Å². The first-order valence-electron chi connectivity index (χ1n) is 6.65. The molecule has 1 aliphatic rings. The van der Waals surface area contributed by atoms with Crippen molar-refractivity contribution >= 4 is 68.4 Å². The predicted molar refractivity (Wildman–Crippen MR) is 97.8 cm³/mol. The Kier molecular flexibility index (Phi) is 8.53. The zero-order valence-electron chi connectivity index (χ0n) is 12.1. The molecule has 9 heteroatoms. The van der Waals surface area contributed by atoms with Crippen molar-refractivity contribution in [3.05, 3.63) is 0 Å².